The van der Waals surface area contributed by atoms with Gasteiger partial charge in [0.05, 0.1) is 0 Å². The van der Waals surface area contributed by atoms with Crippen molar-refractivity contribution >= 4 is 5.96 Å². The van der Waals surface area contributed by atoms with E-state index in [1.165, 1.54) is 32.6 Å². The van der Waals surface area contributed by atoms with E-state index in [2.05, 4.69) is 67.0 Å². The molecule has 0 aromatic heterocycles. The molecule has 6 nitrogen and oxygen atoms in total. The molecule has 1 aliphatic heterocycles. The van der Waals surface area contributed by atoms with Gasteiger partial charge >= 0.3 is 0 Å². The Hall–Kier alpha value is -0.850. The van der Waals surface area contributed by atoms with Crippen LogP contribution in [0.25, 0.3) is 0 Å². The van der Waals surface area contributed by atoms with E-state index in [9.17, 15) is 0 Å². The molecule has 26 heavy (non-hydrogen) atoms. The number of hydrogen-bond donors (Lipinski definition) is 2. The normalized spacial score (nSPS) is 18.0. The molecule has 0 bridgehead atoms. The molecule has 154 valence electrons. The highest BCUT2D eigenvalue weighted by atomic mass is 15.2. The maximum Gasteiger partial charge on any atom is 0.191 e. The van der Waals surface area contributed by atoms with Gasteiger partial charge in [-0.3, -0.25) is 9.89 Å². The average Bonchev–Trinajstić information content (AvgIpc) is 2.79. The fourth-order valence-corrected chi connectivity index (χ4v) is 3.57. The minimum absolute atomic E-state index is 0.573. The Labute approximate surface area is 162 Å². The molecule has 1 heterocycles. The standard InChI is InChI=1S/C20H44N6/c1-7-21-20(23-11-15-26(18(2)3)19(4)5)22-10-8-13-25-14-9-12-24(6)16-17-25/h18-19H,7-17H2,1-6H3,(H2,21,22,23). The summed E-state index contributed by atoms with van der Waals surface area (Å²) in [6.45, 7) is 20.9. The Morgan fingerprint density at radius 2 is 1.77 bits per heavy atom. The number of aliphatic imine (C=N–C) groups is 1. The van der Waals surface area contributed by atoms with Crippen LogP contribution in [0, 0.1) is 0 Å². The van der Waals surface area contributed by atoms with E-state index in [0.717, 1.165) is 45.1 Å². The molecule has 0 unspecified atom stereocenters. The first-order valence-corrected chi connectivity index (χ1v) is 10.6. The first-order chi connectivity index (χ1) is 12.4. The lowest BCUT2D eigenvalue weighted by Gasteiger charge is -2.30. The maximum atomic E-state index is 4.76. The summed E-state index contributed by atoms with van der Waals surface area (Å²) in [6.07, 6.45) is 2.41. The fraction of sp³-hybridized carbons (Fsp3) is 0.950. The van der Waals surface area contributed by atoms with Crippen molar-refractivity contribution in [2.24, 2.45) is 4.99 Å². The molecule has 0 aromatic rings. The van der Waals surface area contributed by atoms with Gasteiger partial charge < -0.3 is 20.4 Å². The second kappa shape index (κ2) is 13.3. The molecule has 1 aliphatic rings. The maximum absolute atomic E-state index is 4.76. The molecule has 6 heteroatoms. The number of nitrogens with one attached hydrogen (secondary N) is 2. The minimum Gasteiger partial charge on any atom is -0.357 e. The topological polar surface area (TPSA) is 46.1 Å². The summed E-state index contributed by atoms with van der Waals surface area (Å²) in [5.74, 6) is 0.954. The first kappa shape index (κ1) is 23.2. The summed E-state index contributed by atoms with van der Waals surface area (Å²) in [5.41, 5.74) is 0. The Kier molecular flexibility index (Phi) is 11.9. The zero-order valence-electron chi connectivity index (χ0n) is 18.2. The summed E-state index contributed by atoms with van der Waals surface area (Å²) in [4.78, 5) is 12.3. The van der Waals surface area contributed by atoms with Crippen molar-refractivity contribution in [3.05, 3.63) is 0 Å². The number of rotatable bonds is 10. The number of likely N-dealkylation sites (N-methyl/N-ethyl adjacent to an activating group) is 1. The smallest absolute Gasteiger partial charge is 0.191 e. The molecule has 1 fully saturated rings. The Morgan fingerprint density at radius 3 is 2.42 bits per heavy atom. The van der Waals surface area contributed by atoms with Crippen molar-refractivity contribution in [3.8, 4) is 0 Å². The van der Waals surface area contributed by atoms with E-state index in [4.69, 9.17) is 4.99 Å². The van der Waals surface area contributed by atoms with Crippen molar-refractivity contribution in [1.29, 1.82) is 0 Å². The van der Waals surface area contributed by atoms with Crippen LogP contribution in [0.3, 0.4) is 0 Å². The lowest BCUT2D eigenvalue weighted by molar-refractivity contribution is 0.178. The number of guanidine groups is 1. The van der Waals surface area contributed by atoms with E-state index < -0.39 is 0 Å². The van der Waals surface area contributed by atoms with Crippen LogP contribution in [0.4, 0.5) is 0 Å². The second-order valence-corrected chi connectivity index (χ2v) is 7.96. The van der Waals surface area contributed by atoms with E-state index in [1.807, 2.05) is 0 Å². The third-order valence-electron chi connectivity index (χ3n) is 5.05. The van der Waals surface area contributed by atoms with Crippen LogP contribution >= 0.6 is 0 Å². The molecule has 0 aromatic carbocycles. The molecule has 1 rings (SSSR count). The minimum atomic E-state index is 0.573. The zero-order chi connectivity index (χ0) is 19.4. The molecule has 0 spiro atoms. The molecule has 0 saturated carbocycles. The highest BCUT2D eigenvalue weighted by Crippen LogP contribution is 2.03. The van der Waals surface area contributed by atoms with Crippen LogP contribution in [0.15, 0.2) is 4.99 Å². The van der Waals surface area contributed by atoms with Gasteiger partial charge in [-0.2, -0.15) is 0 Å². The Balaban J connectivity index is 2.31. The van der Waals surface area contributed by atoms with E-state index in [-0.39, 0.29) is 0 Å². The Morgan fingerprint density at radius 1 is 1.04 bits per heavy atom. The van der Waals surface area contributed by atoms with Crippen LogP contribution in [-0.4, -0.2) is 98.7 Å². The van der Waals surface area contributed by atoms with Gasteiger partial charge in [0.2, 0.25) is 0 Å². The van der Waals surface area contributed by atoms with Gasteiger partial charge in [-0.15, -0.1) is 0 Å². The molecule has 0 atom stereocenters. The monoisotopic (exact) mass is 368 g/mol. The lowest BCUT2D eigenvalue weighted by atomic mass is 10.2. The van der Waals surface area contributed by atoms with Crippen LogP contribution < -0.4 is 10.6 Å². The quantitative estimate of drug-likeness (QED) is 0.349. The van der Waals surface area contributed by atoms with Gasteiger partial charge in [0.15, 0.2) is 5.96 Å². The predicted octanol–water partition coefficient (Wildman–Crippen LogP) is 1.69. The summed E-state index contributed by atoms with van der Waals surface area (Å²) < 4.78 is 0. The molecule has 0 amide bonds. The van der Waals surface area contributed by atoms with E-state index in [0.29, 0.717) is 12.1 Å². The van der Waals surface area contributed by atoms with Gasteiger partial charge in [0, 0.05) is 51.4 Å². The van der Waals surface area contributed by atoms with Crippen molar-refractivity contribution in [2.75, 3.05) is 66.0 Å². The first-order valence-electron chi connectivity index (χ1n) is 10.6. The summed E-state index contributed by atoms with van der Waals surface area (Å²) in [6, 6.07) is 1.15. The lowest BCUT2D eigenvalue weighted by Crippen LogP contribution is -2.45. The van der Waals surface area contributed by atoms with Crippen molar-refractivity contribution in [2.45, 2.75) is 59.5 Å². The second-order valence-electron chi connectivity index (χ2n) is 7.96. The average molecular weight is 369 g/mol. The highest BCUT2D eigenvalue weighted by molar-refractivity contribution is 5.79. The summed E-state index contributed by atoms with van der Waals surface area (Å²) >= 11 is 0. The third kappa shape index (κ3) is 9.74. The molecule has 0 radical (unpaired) electrons. The van der Waals surface area contributed by atoms with Crippen LogP contribution in [0.2, 0.25) is 0 Å². The van der Waals surface area contributed by atoms with E-state index in [1.54, 1.807) is 0 Å². The van der Waals surface area contributed by atoms with E-state index >= 15 is 0 Å². The summed E-state index contributed by atoms with van der Waals surface area (Å²) in [7, 11) is 2.22. The molecular weight excluding hydrogens is 324 g/mol. The van der Waals surface area contributed by atoms with Crippen molar-refractivity contribution in [1.82, 2.24) is 25.3 Å². The Bertz CT molecular complexity index is 374. The van der Waals surface area contributed by atoms with Gasteiger partial charge in [-0.25, -0.2) is 0 Å². The van der Waals surface area contributed by atoms with Gasteiger partial charge in [-0.1, -0.05) is 0 Å². The predicted molar refractivity (Wildman–Crippen MR) is 114 cm³/mol. The van der Waals surface area contributed by atoms with Gasteiger partial charge in [0.25, 0.3) is 0 Å². The van der Waals surface area contributed by atoms with Crippen molar-refractivity contribution < 1.29 is 0 Å². The third-order valence-corrected chi connectivity index (χ3v) is 5.05. The highest BCUT2D eigenvalue weighted by Gasteiger charge is 2.13. The van der Waals surface area contributed by atoms with Crippen LogP contribution in [-0.2, 0) is 0 Å². The largest absolute Gasteiger partial charge is 0.357 e. The van der Waals surface area contributed by atoms with Crippen LogP contribution in [0.5, 0.6) is 0 Å². The fourth-order valence-electron chi connectivity index (χ4n) is 3.57. The molecular formula is C20H44N6. The van der Waals surface area contributed by atoms with Crippen molar-refractivity contribution in [3.63, 3.8) is 0 Å². The zero-order valence-corrected chi connectivity index (χ0v) is 18.2. The molecule has 0 aliphatic carbocycles. The SMILES string of the molecule is CCNC(=NCCCN1CCCN(C)CC1)NCCN(C(C)C)C(C)C. The van der Waals surface area contributed by atoms with Gasteiger partial charge in [-0.05, 0) is 74.1 Å². The van der Waals surface area contributed by atoms with Crippen LogP contribution in [0.1, 0.15) is 47.5 Å². The number of hydrogen-bond acceptors (Lipinski definition) is 4. The molecule has 1 saturated heterocycles. The summed E-state index contributed by atoms with van der Waals surface area (Å²) in [5, 5.41) is 6.86. The number of nitrogens with zero attached hydrogens (tertiary/aromatic N) is 4. The van der Waals surface area contributed by atoms with Gasteiger partial charge in [0.1, 0.15) is 0 Å². The molecule has 2 N–H and O–H groups in total.